The van der Waals surface area contributed by atoms with Gasteiger partial charge in [-0.1, -0.05) is 23.4 Å². The zero-order valence-electron chi connectivity index (χ0n) is 10.6. The molecule has 1 heterocycles. The Balaban J connectivity index is 2.09. The summed E-state index contributed by atoms with van der Waals surface area (Å²) in [6.07, 6.45) is 3.14. The van der Waals surface area contributed by atoms with Crippen molar-refractivity contribution < 1.29 is 9.13 Å². The van der Waals surface area contributed by atoms with Crippen LogP contribution in [0.1, 0.15) is 11.1 Å². The highest BCUT2D eigenvalue weighted by molar-refractivity contribution is 6.30. The van der Waals surface area contributed by atoms with Crippen LogP contribution in [0.3, 0.4) is 0 Å². The zero-order valence-corrected chi connectivity index (χ0v) is 11.3. The molecule has 0 saturated carbocycles. The van der Waals surface area contributed by atoms with Gasteiger partial charge in [0.05, 0.1) is 12.7 Å². The Kier molecular flexibility index (Phi) is 4.94. The van der Waals surface area contributed by atoms with Crippen molar-refractivity contribution in [2.24, 2.45) is 5.73 Å². The van der Waals surface area contributed by atoms with Gasteiger partial charge in [0.15, 0.2) is 0 Å². The van der Waals surface area contributed by atoms with E-state index in [1.165, 1.54) is 24.4 Å². The molecule has 0 radical (unpaired) electrons. The first-order valence-corrected chi connectivity index (χ1v) is 6.27. The fourth-order valence-corrected chi connectivity index (χ4v) is 1.73. The minimum Gasteiger partial charge on any atom is -0.487 e. The lowest BCUT2D eigenvalue weighted by atomic mass is 10.2. The molecule has 1 aromatic carbocycles. The van der Waals surface area contributed by atoms with Crippen molar-refractivity contribution in [3.63, 3.8) is 0 Å². The van der Waals surface area contributed by atoms with E-state index in [1.54, 1.807) is 12.3 Å². The summed E-state index contributed by atoms with van der Waals surface area (Å²) in [4.78, 5) is 4.00. The summed E-state index contributed by atoms with van der Waals surface area (Å²) in [5.74, 6) is 5.73. The maximum Gasteiger partial charge on any atom is 0.139 e. The second-order valence-corrected chi connectivity index (χ2v) is 4.38. The molecule has 0 fully saturated rings. The van der Waals surface area contributed by atoms with Crippen molar-refractivity contribution >= 4 is 11.6 Å². The van der Waals surface area contributed by atoms with Gasteiger partial charge in [-0.05, 0) is 24.3 Å². The number of halogens is 2. The van der Waals surface area contributed by atoms with Crippen LogP contribution in [0.2, 0.25) is 5.02 Å². The summed E-state index contributed by atoms with van der Waals surface area (Å²) in [6.45, 7) is 0.348. The van der Waals surface area contributed by atoms with Crippen LogP contribution in [-0.2, 0) is 6.61 Å². The Hall–Kier alpha value is -2.09. The molecule has 0 unspecified atom stereocenters. The summed E-state index contributed by atoms with van der Waals surface area (Å²) in [5.41, 5.74) is 6.38. The summed E-state index contributed by atoms with van der Waals surface area (Å²) >= 11 is 5.82. The van der Waals surface area contributed by atoms with Crippen LogP contribution in [0.15, 0.2) is 36.7 Å². The molecule has 0 spiro atoms. The summed E-state index contributed by atoms with van der Waals surface area (Å²) in [7, 11) is 0. The van der Waals surface area contributed by atoms with E-state index in [4.69, 9.17) is 22.1 Å². The Morgan fingerprint density at radius 3 is 2.95 bits per heavy atom. The Bertz CT molecular complexity index is 664. The standard InChI is InChI=1S/C15H12ClFN2O/c16-13-3-4-15(17)12(7-13)10-20-14-6-11(2-1-5-18)8-19-9-14/h3-4,6-9H,5,10,18H2. The topological polar surface area (TPSA) is 48.1 Å². The first-order valence-electron chi connectivity index (χ1n) is 5.90. The molecule has 2 aromatic rings. The third kappa shape index (κ3) is 3.95. The van der Waals surface area contributed by atoms with E-state index in [0.717, 1.165) is 0 Å². The highest BCUT2D eigenvalue weighted by atomic mass is 35.5. The van der Waals surface area contributed by atoms with E-state index < -0.39 is 0 Å². The molecule has 2 N–H and O–H groups in total. The number of benzene rings is 1. The maximum absolute atomic E-state index is 13.5. The summed E-state index contributed by atoms with van der Waals surface area (Å²) < 4.78 is 19.0. The van der Waals surface area contributed by atoms with Crippen LogP contribution < -0.4 is 10.5 Å². The predicted molar refractivity (Wildman–Crippen MR) is 75.9 cm³/mol. The van der Waals surface area contributed by atoms with E-state index in [-0.39, 0.29) is 19.0 Å². The van der Waals surface area contributed by atoms with Crippen LogP contribution in [0, 0.1) is 17.7 Å². The van der Waals surface area contributed by atoms with Gasteiger partial charge in [0.25, 0.3) is 0 Å². The van der Waals surface area contributed by atoms with Gasteiger partial charge in [0.1, 0.15) is 18.2 Å². The van der Waals surface area contributed by atoms with E-state index in [1.807, 2.05) is 0 Å². The molecule has 0 aliphatic carbocycles. The second kappa shape index (κ2) is 6.90. The van der Waals surface area contributed by atoms with Gasteiger partial charge >= 0.3 is 0 Å². The van der Waals surface area contributed by atoms with Gasteiger partial charge in [-0.15, -0.1) is 0 Å². The number of aromatic nitrogens is 1. The molecule has 0 bridgehead atoms. The molecule has 0 amide bonds. The van der Waals surface area contributed by atoms with E-state index in [9.17, 15) is 4.39 Å². The van der Waals surface area contributed by atoms with E-state index in [0.29, 0.717) is 21.9 Å². The Morgan fingerprint density at radius 2 is 2.15 bits per heavy atom. The SMILES string of the molecule is NCC#Cc1cncc(OCc2cc(Cl)ccc2F)c1. The maximum atomic E-state index is 13.5. The number of hydrogen-bond acceptors (Lipinski definition) is 3. The zero-order chi connectivity index (χ0) is 14.4. The molecular formula is C15H12ClFN2O. The lowest BCUT2D eigenvalue weighted by molar-refractivity contribution is 0.298. The van der Waals surface area contributed by atoms with Gasteiger partial charge in [-0.2, -0.15) is 0 Å². The number of hydrogen-bond donors (Lipinski definition) is 1. The van der Waals surface area contributed by atoms with E-state index >= 15 is 0 Å². The fourth-order valence-electron chi connectivity index (χ4n) is 1.53. The van der Waals surface area contributed by atoms with Gasteiger partial charge in [-0.25, -0.2) is 4.39 Å². The molecule has 0 aliphatic rings. The molecule has 2 rings (SSSR count). The van der Waals surface area contributed by atoms with Crippen LogP contribution >= 0.6 is 11.6 Å². The van der Waals surface area contributed by atoms with Gasteiger partial charge in [-0.3, -0.25) is 4.98 Å². The highest BCUT2D eigenvalue weighted by Gasteiger charge is 2.04. The van der Waals surface area contributed by atoms with E-state index in [2.05, 4.69) is 16.8 Å². The quantitative estimate of drug-likeness (QED) is 0.884. The molecule has 3 nitrogen and oxygen atoms in total. The number of rotatable bonds is 3. The van der Waals surface area contributed by atoms with Crippen molar-refractivity contribution in [2.45, 2.75) is 6.61 Å². The number of pyridine rings is 1. The molecule has 5 heteroatoms. The first kappa shape index (κ1) is 14.3. The first-order chi connectivity index (χ1) is 9.69. The smallest absolute Gasteiger partial charge is 0.139 e. The molecule has 102 valence electrons. The van der Waals surface area contributed by atoms with Gasteiger partial charge < -0.3 is 10.5 Å². The monoisotopic (exact) mass is 290 g/mol. The van der Waals surface area contributed by atoms with Crippen molar-refractivity contribution in [2.75, 3.05) is 6.54 Å². The number of nitrogens with zero attached hydrogens (tertiary/aromatic N) is 1. The van der Waals surface area contributed by atoms with Gasteiger partial charge in [0.2, 0.25) is 0 Å². The lowest BCUT2D eigenvalue weighted by Crippen LogP contribution is -1.99. The molecule has 1 aromatic heterocycles. The number of ether oxygens (including phenoxy) is 1. The molecular weight excluding hydrogens is 279 g/mol. The third-order valence-electron chi connectivity index (χ3n) is 2.45. The summed E-state index contributed by atoms with van der Waals surface area (Å²) in [5, 5.41) is 0.464. The molecule has 0 saturated heterocycles. The average Bonchev–Trinajstić information content (AvgIpc) is 2.46. The van der Waals surface area contributed by atoms with Crippen molar-refractivity contribution in [3.8, 4) is 17.6 Å². The molecule has 20 heavy (non-hydrogen) atoms. The molecule has 0 aliphatic heterocycles. The van der Waals surface area contributed by atoms with Gasteiger partial charge in [0, 0.05) is 22.3 Å². The minimum absolute atomic E-state index is 0.0713. The largest absolute Gasteiger partial charge is 0.487 e. The van der Waals surface area contributed by atoms with Crippen LogP contribution in [0.25, 0.3) is 0 Å². The van der Waals surface area contributed by atoms with Crippen molar-refractivity contribution in [1.29, 1.82) is 0 Å². The number of nitrogens with two attached hydrogens (primary N) is 1. The van der Waals surface area contributed by atoms with Crippen molar-refractivity contribution in [1.82, 2.24) is 4.98 Å². The second-order valence-electron chi connectivity index (χ2n) is 3.94. The predicted octanol–water partition coefficient (Wildman–Crippen LogP) is 2.76. The molecule has 0 atom stereocenters. The summed E-state index contributed by atoms with van der Waals surface area (Å²) in [6, 6.07) is 6.05. The highest BCUT2D eigenvalue weighted by Crippen LogP contribution is 2.18. The lowest BCUT2D eigenvalue weighted by Gasteiger charge is -2.07. The van der Waals surface area contributed by atoms with Crippen LogP contribution in [0.4, 0.5) is 4.39 Å². The fraction of sp³-hybridized carbons (Fsp3) is 0.133. The normalized spacial score (nSPS) is 9.75. The van der Waals surface area contributed by atoms with Crippen LogP contribution in [-0.4, -0.2) is 11.5 Å². The van der Waals surface area contributed by atoms with Crippen molar-refractivity contribution in [3.05, 3.63) is 58.6 Å². The van der Waals surface area contributed by atoms with Crippen LogP contribution in [0.5, 0.6) is 5.75 Å². The average molecular weight is 291 g/mol. The third-order valence-corrected chi connectivity index (χ3v) is 2.69. The minimum atomic E-state index is -0.360. The Morgan fingerprint density at radius 1 is 1.30 bits per heavy atom. The Labute approximate surface area is 121 Å².